The first-order valence-corrected chi connectivity index (χ1v) is 7.09. The van der Waals surface area contributed by atoms with E-state index >= 15 is 0 Å². The minimum atomic E-state index is -1.02. The van der Waals surface area contributed by atoms with Gasteiger partial charge < -0.3 is 9.84 Å². The van der Waals surface area contributed by atoms with Crippen LogP contribution in [0.3, 0.4) is 0 Å². The van der Waals surface area contributed by atoms with Gasteiger partial charge in [0.1, 0.15) is 5.75 Å². The first kappa shape index (κ1) is 16.2. The summed E-state index contributed by atoms with van der Waals surface area (Å²) in [7, 11) is 0. The molecule has 0 bridgehead atoms. The molecule has 0 aliphatic carbocycles. The summed E-state index contributed by atoms with van der Waals surface area (Å²) in [5.41, 5.74) is 1.17. The summed E-state index contributed by atoms with van der Waals surface area (Å²) >= 11 is 0. The third kappa shape index (κ3) is 4.68. The third-order valence-electron chi connectivity index (χ3n) is 3.23. The van der Waals surface area contributed by atoms with Crippen LogP contribution in [0.2, 0.25) is 0 Å². The Morgan fingerprint density at radius 1 is 1.09 bits per heavy atom. The molecule has 0 saturated heterocycles. The fourth-order valence-corrected chi connectivity index (χ4v) is 2.02. The van der Waals surface area contributed by atoms with Crippen molar-refractivity contribution in [3.8, 4) is 11.8 Å². The zero-order valence-corrected chi connectivity index (χ0v) is 12.4. The average molecular weight is 309 g/mol. The van der Waals surface area contributed by atoms with Crippen LogP contribution in [0.4, 0.5) is 0 Å². The summed E-state index contributed by atoms with van der Waals surface area (Å²) in [4.78, 5) is 22.7. The second kappa shape index (κ2) is 7.76. The predicted octanol–water partition coefficient (Wildman–Crippen LogP) is 3.30. The normalized spacial score (nSPS) is 9.87. The lowest BCUT2D eigenvalue weighted by Crippen LogP contribution is -2.05. The van der Waals surface area contributed by atoms with Crippen molar-refractivity contribution in [1.82, 2.24) is 0 Å². The number of carboxylic acids is 1. The number of hydrogen-bond donors (Lipinski definition) is 1. The van der Waals surface area contributed by atoms with Crippen molar-refractivity contribution in [2.75, 3.05) is 6.61 Å². The molecule has 1 N–H and O–H groups in total. The first-order chi connectivity index (χ1) is 11.1. The molecule has 0 amide bonds. The molecule has 0 fully saturated rings. The van der Waals surface area contributed by atoms with Crippen molar-refractivity contribution >= 4 is 11.8 Å². The lowest BCUT2D eigenvalue weighted by atomic mass is 10.0. The van der Waals surface area contributed by atoms with Crippen molar-refractivity contribution < 1.29 is 19.4 Å². The number of nitrogens with zero attached hydrogens (tertiary/aromatic N) is 1. The third-order valence-corrected chi connectivity index (χ3v) is 3.23. The SMILES string of the molecule is N#Cc1cccc(OCCCC(=O)c2ccc(C(=O)O)cc2)c1. The van der Waals surface area contributed by atoms with Crippen LogP contribution in [0, 0.1) is 11.3 Å². The van der Waals surface area contributed by atoms with Crippen LogP contribution in [0.1, 0.15) is 39.1 Å². The highest BCUT2D eigenvalue weighted by atomic mass is 16.5. The molecule has 5 heteroatoms. The van der Waals surface area contributed by atoms with Gasteiger partial charge in [-0.25, -0.2) is 4.79 Å². The van der Waals surface area contributed by atoms with Crippen LogP contribution in [0.5, 0.6) is 5.75 Å². The van der Waals surface area contributed by atoms with Gasteiger partial charge in [0.15, 0.2) is 5.78 Å². The first-order valence-electron chi connectivity index (χ1n) is 7.09. The number of hydrogen-bond acceptors (Lipinski definition) is 4. The van der Waals surface area contributed by atoms with E-state index in [1.807, 2.05) is 6.07 Å². The molecule has 0 aliphatic rings. The average Bonchev–Trinajstić information content (AvgIpc) is 2.58. The van der Waals surface area contributed by atoms with E-state index in [0.717, 1.165) is 0 Å². The zero-order chi connectivity index (χ0) is 16.7. The summed E-state index contributed by atoms with van der Waals surface area (Å²) < 4.78 is 5.50. The number of Topliss-reactive ketones (excluding diaryl/α,β-unsaturated/α-hetero) is 1. The molecule has 0 heterocycles. The van der Waals surface area contributed by atoms with Gasteiger partial charge in [0.2, 0.25) is 0 Å². The Bertz CT molecular complexity index is 744. The van der Waals surface area contributed by atoms with Crippen LogP contribution in [-0.2, 0) is 0 Å². The number of aromatic carboxylic acids is 1. The fraction of sp³-hybridized carbons (Fsp3) is 0.167. The number of rotatable bonds is 7. The quantitative estimate of drug-likeness (QED) is 0.626. The highest BCUT2D eigenvalue weighted by Gasteiger charge is 2.08. The number of benzene rings is 2. The van der Waals surface area contributed by atoms with Gasteiger partial charge in [-0.1, -0.05) is 18.2 Å². The molecule has 0 saturated carbocycles. The highest BCUT2D eigenvalue weighted by Crippen LogP contribution is 2.14. The Hall–Kier alpha value is -3.13. The second-order valence-corrected chi connectivity index (χ2v) is 4.90. The number of carboxylic acid groups (broad SMARTS) is 1. The summed E-state index contributed by atoms with van der Waals surface area (Å²) in [5.74, 6) is -0.476. The maximum absolute atomic E-state index is 12.0. The number of ketones is 1. The Morgan fingerprint density at radius 3 is 2.43 bits per heavy atom. The van der Waals surface area contributed by atoms with E-state index in [0.29, 0.717) is 36.3 Å². The molecule has 2 aromatic rings. The summed E-state index contributed by atoms with van der Waals surface area (Å²) in [6.45, 7) is 0.369. The molecule has 0 spiro atoms. The van der Waals surface area contributed by atoms with Crippen LogP contribution in [0.25, 0.3) is 0 Å². The van der Waals surface area contributed by atoms with E-state index in [-0.39, 0.29) is 11.3 Å². The van der Waals surface area contributed by atoms with E-state index in [4.69, 9.17) is 15.1 Å². The van der Waals surface area contributed by atoms with Gasteiger partial charge in [-0.05, 0) is 36.8 Å². The summed E-state index contributed by atoms with van der Waals surface area (Å²) in [6, 6.07) is 14.7. The van der Waals surface area contributed by atoms with E-state index in [1.165, 1.54) is 24.3 Å². The minimum Gasteiger partial charge on any atom is -0.494 e. The van der Waals surface area contributed by atoms with Crippen LogP contribution < -0.4 is 4.74 Å². The smallest absolute Gasteiger partial charge is 0.335 e. The van der Waals surface area contributed by atoms with Gasteiger partial charge in [0.05, 0.1) is 23.8 Å². The van der Waals surface area contributed by atoms with Gasteiger partial charge >= 0.3 is 5.97 Å². The molecule has 0 aliphatic heterocycles. The van der Waals surface area contributed by atoms with E-state index in [9.17, 15) is 9.59 Å². The molecular weight excluding hydrogens is 294 g/mol. The van der Waals surface area contributed by atoms with Crippen LogP contribution >= 0.6 is 0 Å². The Kier molecular flexibility index (Phi) is 5.48. The van der Waals surface area contributed by atoms with Crippen molar-refractivity contribution in [1.29, 1.82) is 5.26 Å². The largest absolute Gasteiger partial charge is 0.494 e. The van der Waals surface area contributed by atoms with E-state index < -0.39 is 5.97 Å². The molecule has 0 atom stereocenters. The van der Waals surface area contributed by atoms with Crippen molar-refractivity contribution in [2.45, 2.75) is 12.8 Å². The standard InChI is InChI=1S/C18H15NO4/c19-12-13-3-1-4-16(11-13)23-10-2-5-17(20)14-6-8-15(9-7-14)18(21)22/h1,3-4,6-9,11H,2,5,10H2,(H,21,22). The summed E-state index contributed by atoms with van der Waals surface area (Å²) in [6.07, 6.45) is 0.848. The Labute approximate surface area is 133 Å². The summed E-state index contributed by atoms with van der Waals surface area (Å²) in [5, 5.41) is 17.6. The monoisotopic (exact) mass is 309 g/mol. The number of carbonyl (C=O) groups excluding carboxylic acids is 1. The highest BCUT2D eigenvalue weighted by molar-refractivity contribution is 5.97. The van der Waals surface area contributed by atoms with Crippen molar-refractivity contribution in [2.24, 2.45) is 0 Å². The number of nitriles is 1. The predicted molar refractivity (Wildman–Crippen MR) is 83.6 cm³/mol. The van der Waals surface area contributed by atoms with Crippen LogP contribution in [-0.4, -0.2) is 23.5 Å². The maximum Gasteiger partial charge on any atom is 0.335 e. The fourth-order valence-electron chi connectivity index (χ4n) is 2.02. The van der Waals surface area contributed by atoms with Gasteiger partial charge in [0.25, 0.3) is 0 Å². The molecular formula is C18H15NO4. The lowest BCUT2D eigenvalue weighted by Gasteiger charge is -2.06. The van der Waals surface area contributed by atoms with Gasteiger partial charge in [0, 0.05) is 12.0 Å². The maximum atomic E-state index is 12.0. The van der Waals surface area contributed by atoms with Crippen molar-refractivity contribution in [3.05, 3.63) is 65.2 Å². The molecule has 2 rings (SSSR count). The molecule has 2 aromatic carbocycles. The molecule has 0 radical (unpaired) electrons. The molecule has 0 unspecified atom stereocenters. The van der Waals surface area contributed by atoms with E-state index in [1.54, 1.807) is 24.3 Å². The zero-order valence-electron chi connectivity index (χ0n) is 12.4. The number of carbonyl (C=O) groups is 2. The Morgan fingerprint density at radius 2 is 1.78 bits per heavy atom. The van der Waals surface area contributed by atoms with Gasteiger partial charge in [-0.15, -0.1) is 0 Å². The van der Waals surface area contributed by atoms with Crippen LogP contribution in [0.15, 0.2) is 48.5 Å². The topological polar surface area (TPSA) is 87.4 Å². The molecule has 5 nitrogen and oxygen atoms in total. The molecule has 23 heavy (non-hydrogen) atoms. The Balaban J connectivity index is 1.80. The minimum absolute atomic E-state index is 0.0590. The molecule has 116 valence electrons. The van der Waals surface area contributed by atoms with E-state index in [2.05, 4.69) is 0 Å². The lowest BCUT2D eigenvalue weighted by molar-refractivity contribution is 0.0696. The van der Waals surface area contributed by atoms with Crippen molar-refractivity contribution in [3.63, 3.8) is 0 Å². The number of ether oxygens (including phenoxy) is 1. The molecule has 0 aromatic heterocycles. The second-order valence-electron chi connectivity index (χ2n) is 4.90. The van der Waals surface area contributed by atoms with Gasteiger partial charge in [-0.3, -0.25) is 4.79 Å². The van der Waals surface area contributed by atoms with Gasteiger partial charge in [-0.2, -0.15) is 5.26 Å².